The van der Waals surface area contributed by atoms with Gasteiger partial charge in [-0.15, -0.1) is 6.58 Å². The first-order valence-corrected chi connectivity index (χ1v) is 5.01. The largest absolute Gasteiger partial charge is 0.445 e. The summed E-state index contributed by atoms with van der Waals surface area (Å²) in [5.41, 5.74) is 0.787. The predicted octanol–water partition coefficient (Wildman–Crippen LogP) is 2.73. The third kappa shape index (κ3) is 4.63. The summed E-state index contributed by atoms with van der Waals surface area (Å²) in [6, 6.07) is 7.56. The maximum atomic E-state index is 12.3. The standard InChI is InChI=1S/C12H13F2NO2/c1-2-10(11(13)14)15-12(16)17-8-9-6-4-3-5-7-9/h2-7,10-11H,1,8H2,(H,15,16). The molecule has 0 spiro atoms. The van der Waals surface area contributed by atoms with Gasteiger partial charge in [0.1, 0.15) is 12.6 Å². The maximum absolute atomic E-state index is 12.3. The molecule has 0 aromatic heterocycles. The molecular formula is C12H13F2NO2. The summed E-state index contributed by atoms with van der Waals surface area (Å²) in [5, 5.41) is 2.01. The highest BCUT2D eigenvalue weighted by Crippen LogP contribution is 2.04. The number of nitrogens with one attached hydrogen (secondary N) is 1. The summed E-state index contributed by atoms with van der Waals surface area (Å²) in [6.07, 6.45) is -2.62. The van der Waals surface area contributed by atoms with Crippen molar-refractivity contribution in [1.29, 1.82) is 0 Å². The lowest BCUT2D eigenvalue weighted by atomic mass is 10.2. The molecule has 3 nitrogen and oxygen atoms in total. The quantitative estimate of drug-likeness (QED) is 0.805. The van der Waals surface area contributed by atoms with E-state index in [9.17, 15) is 13.6 Å². The third-order valence-electron chi connectivity index (χ3n) is 2.02. The van der Waals surface area contributed by atoms with Crippen LogP contribution in [0.25, 0.3) is 0 Å². The van der Waals surface area contributed by atoms with Gasteiger partial charge in [0.05, 0.1) is 0 Å². The van der Waals surface area contributed by atoms with E-state index in [-0.39, 0.29) is 6.61 Å². The normalized spacial score (nSPS) is 11.9. The summed E-state index contributed by atoms with van der Waals surface area (Å²) in [4.78, 5) is 11.2. The van der Waals surface area contributed by atoms with Gasteiger partial charge in [-0.05, 0) is 5.56 Å². The van der Waals surface area contributed by atoms with Gasteiger partial charge < -0.3 is 10.1 Å². The Balaban J connectivity index is 2.37. The minimum atomic E-state index is -2.70. The van der Waals surface area contributed by atoms with Gasteiger partial charge in [-0.2, -0.15) is 0 Å². The van der Waals surface area contributed by atoms with E-state index in [0.29, 0.717) is 0 Å². The molecule has 0 radical (unpaired) electrons. The fraction of sp³-hybridized carbons (Fsp3) is 0.250. The number of carbonyl (C=O) groups is 1. The molecule has 0 aliphatic carbocycles. The summed E-state index contributed by atoms with van der Waals surface area (Å²) >= 11 is 0. The van der Waals surface area contributed by atoms with Crippen molar-refractivity contribution in [3.63, 3.8) is 0 Å². The number of benzene rings is 1. The summed E-state index contributed by atoms with van der Waals surface area (Å²) < 4.78 is 29.3. The van der Waals surface area contributed by atoms with E-state index < -0.39 is 18.6 Å². The fourth-order valence-electron chi connectivity index (χ4n) is 1.13. The van der Waals surface area contributed by atoms with E-state index >= 15 is 0 Å². The van der Waals surface area contributed by atoms with Crippen molar-refractivity contribution >= 4 is 6.09 Å². The highest BCUT2D eigenvalue weighted by molar-refractivity contribution is 5.68. The average molecular weight is 241 g/mol. The van der Waals surface area contributed by atoms with E-state index in [4.69, 9.17) is 4.74 Å². The smallest absolute Gasteiger partial charge is 0.408 e. The van der Waals surface area contributed by atoms with Gasteiger partial charge in [0.2, 0.25) is 0 Å². The lowest BCUT2D eigenvalue weighted by molar-refractivity contribution is 0.0975. The molecule has 17 heavy (non-hydrogen) atoms. The first-order valence-electron chi connectivity index (χ1n) is 5.01. The summed E-state index contributed by atoms with van der Waals surface area (Å²) in [5.74, 6) is 0. The molecule has 1 aromatic carbocycles. The number of hydrogen-bond acceptors (Lipinski definition) is 2. The molecule has 1 amide bonds. The van der Waals surface area contributed by atoms with Crippen molar-refractivity contribution < 1.29 is 18.3 Å². The molecule has 0 aliphatic rings. The zero-order valence-electron chi connectivity index (χ0n) is 9.11. The van der Waals surface area contributed by atoms with Crippen LogP contribution in [0.1, 0.15) is 5.56 Å². The van der Waals surface area contributed by atoms with Crippen LogP contribution in [0.2, 0.25) is 0 Å². The van der Waals surface area contributed by atoms with Gasteiger partial charge in [0.15, 0.2) is 0 Å². The van der Waals surface area contributed by atoms with Gasteiger partial charge in [0.25, 0.3) is 6.43 Å². The van der Waals surface area contributed by atoms with Crippen molar-refractivity contribution in [3.8, 4) is 0 Å². The number of alkyl halides is 2. The third-order valence-corrected chi connectivity index (χ3v) is 2.02. The molecule has 1 unspecified atom stereocenters. The molecule has 1 atom stereocenters. The molecule has 0 heterocycles. The number of amides is 1. The lowest BCUT2D eigenvalue weighted by Crippen LogP contribution is -2.38. The maximum Gasteiger partial charge on any atom is 0.408 e. The Morgan fingerprint density at radius 1 is 1.41 bits per heavy atom. The van der Waals surface area contributed by atoms with Crippen LogP contribution in [-0.4, -0.2) is 18.6 Å². The van der Waals surface area contributed by atoms with Crippen molar-refractivity contribution in [1.82, 2.24) is 5.32 Å². The van der Waals surface area contributed by atoms with Crippen molar-refractivity contribution in [3.05, 3.63) is 48.6 Å². The molecule has 0 aliphatic heterocycles. The fourth-order valence-corrected chi connectivity index (χ4v) is 1.13. The van der Waals surface area contributed by atoms with Crippen LogP contribution < -0.4 is 5.32 Å². The first kappa shape index (κ1) is 13.2. The monoisotopic (exact) mass is 241 g/mol. The van der Waals surface area contributed by atoms with Gasteiger partial charge in [0, 0.05) is 0 Å². The van der Waals surface area contributed by atoms with E-state index in [2.05, 4.69) is 6.58 Å². The Bertz CT molecular complexity index is 368. The SMILES string of the molecule is C=CC(NC(=O)OCc1ccccc1)C(F)F. The molecule has 92 valence electrons. The van der Waals surface area contributed by atoms with Crippen LogP contribution >= 0.6 is 0 Å². The van der Waals surface area contributed by atoms with Crippen LogP contribution in [-0.2, 0) is 11.3 Å². The van der Waals surface area contributed by atoms with Gasteiger partial charge in [-0.3, -0.25) is 0 Å². The molecule has 0 saturated heterocycles. The van der Waals surface area contributed by atoms with Gasteiger partial charge >= 0.3 is 6.09 Å². The second-order valence-corrected chi connectivity index (χ2v) is 3.30. The minimum Gasteiger partial charge on any atom is -0.445 e. The number of ether oxygens (including phenoxy) is 1. The second kappa shape index (κ2) is 6.62. The topological polar surface area (TPSA) is 38.3 Å². The first-order chi connectivity index (χ1) is 8.13. The van der Waals surface area contributed by atoms with Crippen LogP contribution in [0.15, 0.2) is 43.0 Å². The Hall–Kier alpha value is -1.91. The lowest BCUT2D eigenvalue weighted by Gasteiger charge is -2.13. The molecule has 1 N–H and O–H groups in total. The highest BCUT2D eigenvalue weighted by atomic mass is 19.3. The number of halogens is 2. The predicted molar refractivity (Wildman–Crippen MR) is 59.8 cm³/mol. The average Bonchev–Trinajstić information content (AvgIpc) is 2.34. The van der Waals surface area contributed by atoms with Gasteiger partial charge in [-0.1, -0.05) is 36.4 Å². The van der Waals surface area contributed by atoms with Crippen LogP contribution in [0.5, 0.6) is 0 Å². The Morgan fingerprint density at radius 2 is 2.06 bits per heavy atom. The van der Waals surface area contributed by atoms with Crippen molar-refractivity contribution in [2.24, 2.45) is 0 Å². The van der Waals surface area contributed by atoms with Crippen LogP contribution in [0.4, 0.5) is 13.6 Å². The number of carbonyl (C=O) groups excluding carboxylic acids is 1. The molecule has 1 aromatic rings. The molecular weight excluding hydrogens is 228 g/mol. The van der Waals surface area contributed by atoms with Crippen molar-refractivity contribution in [2.75, 3.05) is 0 Å². The van der Waals surface area contributed by atoms with Crippen LogP contribution in [0, 0.1) is 0 Å². The highest BCUT2D eigenvalue weighted by Gasteiger charge is 2.19. The summed E-state index contributed by atoms with van der Waals surface area (Å²) in [7, 11) is 0. The number of hydrogen-bond donors (Lipinski definition) is 1. The minimum absolute atomic E-state index is 0.0414. The number of rotatable bonds is 5. The molecule has 0 fully saturated rings. The zero-order valence-corrected chi connectivity index (χ0v) is 9.11. The van der Waals surface area contributed by atoms with Gasteiger partial charge in [-0.25, -0.2) is 13.6 Å². The van der Waals surface area contributed by atoms with Crippen LogP contribution in [0.3, 0.4) is 0 Å². The Morgan fingerprint density at radius 3 is 2.59 bits per heavy atom. The Kier molecular flexibility index (Phi) is 5.13. The van der Waals surface area contributed by atoms with E-state index in [1.807, 2.05) is 11.4 Å². The molecule has 0 bridgehead atoms. The van der Waals surface area contributed by atoms with E-state index in [0.717, 1.165) is 11.6 Å². The van der Waals surface area contributed by atoms with E-state index in [1.54, 1.807) is 24.3 Å². The molecule has 1 rings (SSSR count). The summed E-state index contributed by atoms with van der Waals surface area (Å²) in [6.45, 7) is 3.24. The zero-order chi connectivity index (χ0) is 12.7. The molecule has 0 saturated carbocycles. The Labute approximate surface area is 98.1 Å². The van der Waals surface area contributed by atoms with E-state index in [1.165, 1.54) is 0 Å². The molecule has 5 heteroatoms. The number of alkyl carbamates (subject to hydrolysis) is 1. The van der Waals surface area contributed by atoms with Crippen molar-refractivity contribution in [2.45, 2.75) is 19.1 Å². The second-order valence-electron chi connectivity index (χ2n) is 3.30.